The highest BCUT2D eigenvalue weighted by atomic mass is 32.2. The number of nitrogens with zero attached hydrogens (tertiary/aromatic N) is 1. The molecule has 7 nitrogen and oxygen atoms in total. The Morgan fingerprint density at radius 1 is 1.12 bits per heavy atom. The Morgan fingerprint density at radius 3 is 2.23 bits per heavy atom. The largest absolute Gasteiger partial charge is 0.368 e. The smallest absolute Gasteiger partial charge is 0.263 e. The Hall–Kier alpha value is -2.22. The van der Waals surface area contributed by atoms with Crippen molar-refractivity contribution < 1.29 is 22.8 Å². The SMILES string of the molecule is CCS(=O)(=O)c1ccc(C)c2c1C(=O)N(C1(C(N)=O)CCCCC1)C2=O. The number of benzene rings is 1. The van der Waals surface area contributed by atoms with Gasteiger partial charge in [-0.3, -0.25) is 19.3 Å². The first-order chi connectivity index (χ1) is 12.2. The van der Waals surface area contributed by atoms with Crippen molar-refractivity contribution in [1.29, 1.82) is 0 Å². The molecule has 2 aliphatic rings. The molecular weight excluding hydrogens is 356 g/mol. The zero-order valence-corrected chi connectivity index (χ0v) is 15.7. The maximum Gasteiger partial charge on any atom is 0.263 e. The summed E-state index contributed by atoms with van der Waals surface area (Å²) in [7, 11) is -3.71. The van der Waals surface area contributed by atoms with E-state index in [-0.39, 0.29) is 21.8 Å². The predicted octanol–water partition coefficient (Wildman–Crippen LogP) is 1.57. The van der Waals surface area contributed by atoms with E-state index in [0.29, 0.717) is 31.2 Å². The lowest BCUT2D eigenvalue weighted by Gasteiger charge is -2.40. The number of amides is 3. The molecule has 0 unspecified atom stereocenters. The summed E-state index contributed by atoms with van der Waals surface area (Å²) in [4.78, 5) is 39.4. The van der Waals surface area contributed by atoms with Gasteiger partial charge >= 0.3 is 0 Å². The molecule has 3 amide bonds. The second-order valence-corrected chi connectivity index (χ2v) is 9.18. The Morgan fingerprint density at radius 2 is 1.69 bits per heavy atom. The van der Waals surface area contributed by atoms with Crippen molar-refractivity contribution in [2.75, 3.05) is 5.75 Å². The lowest BCUT2D eigenvalue weighted by molar-refractivity contribution is -0.129. The Balaban J connectivity index is 2.24. The van der Waals surface area contributed by atoms with Gasteiger partial charge in [-0.05, 0) is 31.4 Å². The minimum Gasteiger partial charge on any atom is -0.368 e. The van der Waals surface area contributed by atoms with Crippen LogP contribution in [-0.2, 0) is 14.6 Å². The molecule has 1 fully saturated rings. The highest BCUT2D eigenvalue weighted by molar-refractivity contribution is 7.91. The molecule has 0 atom stereocenters. The van der Waals surface area contributed by atoms with Crippen molar-refractivity contribution in [2.45, 2.75) is 56.4 Å². The summed E-state index contributed by atoms with van der Waals surface area (Å²) in [5.74, 6) is -2.27. The molecule has 140 valence electrons. The second-order valence-electron chi connectivity index (χ2n) is 6.94. The van der Waals surface area contributed by atoms with Gasteiger partial charge in [0.05, 0.1) is 21.8 Å². The van der Waals surface area contributed by atoms with Crippen LogP contribution in [0.2, 0.25) is 0 Å². The number of primary amides is 1. The molecule has 0 bridgehead atoms. The highest BCUT2D eigenvalue weighted by Crippen LogP contribution is 2.41. The zero-order valence-electron chi connectivity index (χ0n) is 14.9. The maximum atomic E-state index is 13.2. The van der Waals surface area contributed by atoms with Gasteiger partial charge in [0.1, 0.15) is 5.54 Å². The van der Waals surface area contributed by atoms with Crippen molar-refractivity contribution in [3.05, 3.63) is 28.8 Å². The number of rotatable bonds is 4. The molecule has 0 spiro atoms. The fourth-order valence-electron chi connectivity index (χ4n) is 4.01. The third-order valence-corrected chi connectivity index (χ3v) is 7.26. The van der Waals surface area contributed by atoms with Gasteiger partial charge in [-0.1, -0.05) is 32.3 Å². The third-order valence-electron chi connectivity index (χ3n) is 5.49. The minimum atomic E-state index is -3.71. The van der Waals surface area contributed by atoms with Crippen LogP contribution in [0.25, 0.3) is 0 Å². The summed E-state index contributed by atoms with van der Waals surface area (Å²) in [5, 5.41) is 0. The first-order valence-electron chi connectivity index (χ1n) is 8.72. The van der Waals surface area contributed by atoms with Crippen LogP contribution >= 0.6 is 0 Å². The summed E-state index contributed by atoms with van der Waals surface area (Å²) < 4.78 is 24.9. The molecule has 1 aromatic carbocycles. The monoisotopic (exact) mass is 378 g/mol. The van der Waals surface area contributed by atoms with Gasteiger partial charge in [-0.2, -0.15) is 0 Å². The van der Waals surface area contributed by atoms with Crippen LogP contribution in [-0.4, -0.2) is 42.3 Å². The average Bonchev–Trinajstić information content (AvgIpc) is 2.88. The molecule has 0 aromatic heterocycles. The average molecular weight is 378 g/mol. The molecule has 2 N–H and O–H groups in total. The Kier molecular flexibility index (Phi) is 4.42. The summed E-state index contributed by atoms with van der Waals surface area (Å²) in [6, 6.07) is 2.88. The lowest BCUT2D eigenvalue weighted by atomic mass is 9.79. The molecule has 1 aliphatic heterocycles. The number of carbonyl (C=O) groups is 3. The fourth-order valence-corrected chi connectivity index (χ4v) is 5.10. The lowest BCUT2D eigenvalue weighted by Crippen LogP contribution is -2.60. The molecule has 3 rings (SSSR count). The first kappa shape index (κ1) is 18.6. The molecule has 0 radical (unpaired) electrons. The number of sulfone groups is 1. The van der Waals surface area contributed by atoms with E-state index in [1.807, 2.05) is 0 Å². The zero-order chi connectivity index (χ0) is 19.3. The van der Waals surface area contributed by atoms with Gasteiger partial charge in [-0.25, -0.2) is 8.42 Å². The van der Waals surface area contributed by atoms with E-state index >= 15 is 0 Å². The normalized spacial score (nSPS) is 19.5. The summed E-state index contributed by atoms with van der Waals surface area (Å²) in [5.41, 5.74) is 4.69. The van der Waals surface area contributed by atoms with E-state index in [0.717, 1.165) is 11.3 Å². The van der Waals surface area contributed by atoms with Gasteiger partial charge in [0, 0.05) is 0 Å². The number of nitrogens with two attached hydrogens (primary N) is 1. The van der Waals surface area contributed by atoms with Gasteiger partial charge in [0.25, 0.3) is 11.8 Å². The second kappa shape index (κ2) is 6.19. The van der Waals surface area contributed by atoms with Gasteiger partial charge in [0.2, 0.25) is 5.91 Å². The van der Waals surface area contributed by atoms with Gasteiger partial charge in [-0.15, -0.1) is 0 Å². The van der Waals surface area contributed by atoms with Crippen LogP contribution in [0.5, 0.6) is 0 Å². The molecule has 1 heterocycles. The van der Waals surface area contributed by atoms with Crippen LogP contribution in [0, 0.1) is 6.92 Å². The summed E-state index contributed by atoms with van der Waals surface area (Å²) >= 11 is 0. The molecule has 1 aromatic rings. The van der Waals surface area contributed by atoms with Crippen molar-refractivity contribution in [2.24, 2.45) is 5.73 Å². The van der Waals surface area contributed by atoms with E-state index in [1.165, 1.54) is 19.1 Å². The number of hydrogen-bond donors (Lipinski definition) is 1. The van der Waals surface area contributed by atoms with E-state index in [4.69, 9.17) is 5.73 Å². The number of imide groups is 1. The standard InChI is InChI=1S/C18H22N2O5S/c1-3-26(24,25)12-8-7-11(2)13-14(12)16(22)20(15(13)21)18(17(19)23)9-5-4-6-10-18/h7-8H,3-6,9-10H2,1-2H3,(H2,19,23). The quantitative estimate of drug-likeness (QED) is 0.799. The summed E-state index contributed by atoms with van der Waals surface area (Å²) in [6.45, 7) is 3.13. The third kappa shape index (κ3) is 2.46. The van der Waals surface area contributed by atoms with Gasteiger partial charge in [0.15, 0.2) is 9.84 Å². The van der Waals surface area contributed by atoms with Crippen molar-refractivity contribution in [3.8, 4) is 0 Å². The molecule has 1 aliphatic carbocycles. The van der Waals surface area contributed by atoms with Crippen LogP contribution in [0.15, 0.2) is 17.0 Å². The van der Waals surface area contributed by atoms with Crippen LogP contribution in [0.1, 0.15) is 65.3 Å². The number of fused-ring (bicyclic) bond motifs is 1. The molecular formula is C18H22N2O5S. The fraction of sp³-hybridized carbons (Fsp3) is 0.500. The molecule has 8 heteroatoms. The predicted molar refractivity (Wildman–Crippen MR) is 94.4 cm³/mol. The van der Waals surface area contributed by atoms with Crippen LogP contribution < -0.4 is 5.73 Å². The Bertz CT molecular complexity index is 914. The van der Waals surface area contributed by atoms with Gasteiger partial charge < -0.3 is 5.73 Å². The van der Waals surface area contributed by atoms with Crippen molar-refractivity contribution in [1.82, 2.24) is 4.90 Å². The van der Waals surface area contributed by atoms with Crippen LogP contribution in [0.4, 0.5) is 0 Å². The van der Waals surface area contributed by atoms with E-state index in [2.05, 4.69) is 0 Å². The highest BCUT2D eigenvalue weighted by Gasteiger charge is 2.54. The number of carbonyl (C=O) groups excluding carboxylic acids is 3. The number of hydrogen-bond acceptors (Lipinski definition) is 5. The van der Waals surface area contributed by atoms with E-state index in [9.17, 15) is 22.8 Å². The van der Waals surface area contributed by atoms with Crippen molar-refractivity contribution >= 4 is 27.6 Å². The Labute approximate surface area is 152 Å². The maximum absolute atomic E-state index is 13.2. The molecule has 0 saturated heterocycles. The first-order valence-corrected chi connectivity index (χ1v) is 10.4. The van der Waals surface area contributed by atoms with E-state index in [1.54, 1.807) is 6.92 Å². The summed E-state index contributed by atoms with van der Waals surface area (Å²) in [6.07, 6.45) is 2.86. The topological polar surface area (TPSA) is 115 Å². The van der Waals surface area contributed by atoms with Crippen molar-refractivity contribution in [3.63, 3.8) is 0 Å². The minimum absolute atomic E-state index is 0.0655. The molecule has 1 saturated carbocycles. The number of aryl methyl sites for hydroxylation is 1. The van der Waals surface area contributed by atoms with E-state index < -0.39 is 33.1 Å². The molecule has 26 heavy (non-hydrogen) atoms. The van der Waals surface area contributed by atoms with Crippen LogP contribution in [0.3, 0.4) is 0 Å².